The zero-order valence-electron chi connectivity index (χ0n) is 15.5. The molecule has 1 aliphatic heterocycles. The van der Waals surface area contributed by atoms with Gasteiger partial charge in [-0.15, -0.1) is 0 Å². The molecular formula is C20H21N3O4S. The number of nitrogens with zero attached hydrogens (tertiary/aromatic N) is 3. The van der Waals surface area contributed by atoms with E-state index in [1.807, 2.05) is 31.2 Å². The molecule has 0 atom stereocenters. The van der Waals surface area contributed by atoms with Crippen LogP contribution in [0.2, 0.25) is 0 Å². The molecular weight excluding hydrogens is 378 g/mol. The first-order valence-corrected chi connectivity index (χ1v) is 10.6. The van der Waals surface area contributed by atoms with Crippen molar-refractivity contribution in [2.24, 2.45) is 0 Å². The maximum absolute atomic E-state index is 12.9. The quantitative estimate of drug-likeness (QED) is 0.634. The Kier molecular flexibility index (Phi) is 5.15. The van der Waals surface area contributed by atoms with Crippen molar-refractivity contribution in [3.8, 4) is 5.75 Å². The van der Waals surface area contributed by atoms with Crippen molar-refractivity contribution in [3.63, 3.8) is 0 Å². The summed E-state index contributed by atoms with van der Waals surface area (Å²) in [6.07, 6.45) is 3.79. The second kappa shape index (κ2) is 7.73. The van der Waals surface area contributed by atoms with Crippen molar-refractivity contribution in [2.45, 2.75) is 32.2 Å². The van der Waals surface area contributed by atoms with Crippen LogP contribution in [0.3, 0.4) is 0 Å². The van der Waals surface area contributed by atoms with Crippen LogP contribution in [0, 0.1) is 6.92 Å². The zero-order valence-corrected chi connectivity index (χ0v) is 16.4. The molecule has 1 aliphatic rings. The number of sulfonamides is 1. The highest BCUT2D eigenvalue weighted by Gasteiger charge is 2.31. The normalized spacial score (nSPS) is 14.6. The summed E-state index contributed by atoms with van der Waals surface area (Å²) in [5, 5.41) is 4.08. The summed E-state index contributed by atoms with van der Waals surface area (Å²) in [5.41, 5.74) is 3.30. The molecule has 28 heavy (non-hydrogen) atoms. The number of aromatic nitrogens is 2. The standard InChI is InChI=1S/C20H21N3O4S/c1-15-4-6-16(7-5-15)14-28(24,25)23-10-8-20-18(12-23)19(22-27-20)13-26-17-3-2-9-21-11-17/h2-7,9,11H,8,10,12-14H2,1H3. The summed E-state index contributed by atoms with van der Waals surface area (Å²) in [5.74, 6) is 1.33. The average molecular weight is 399 g/mol. The molecule has 0 radical (unpaired) electrons. The SMILES string of the molecule is Cc1ccc(CS(=O)(=O)N2CCc3onc(COc4cccnc4)c3C2)cc1. The van der Waals surface area contributed by atoms with Crippen molar-refractivity contribution < 1.29 is 17.7 Å². The minimum Gasteiger partial charge on any atom is -0.486 e. The summed E-state index contributed by atoms with van der Waals surface area (Å²) in [6.45, 7) is 2.82. The molecule has 0 unspecified atom stereocenters. The molecule has 0 fully saturated rings. The summed E-state index contributed by atoms with van der Waals surface area (Å²) >= 11 is 0. The third kappa shape index (κ3) is 4.07. The van der Waals surface area contributed by atoms with Gasteiger partial charge in [0.25, 0.3) is 0 Å². The molecule has 8 heteroatoms. The fourth-order valence-corrected chi connectivity index (χ4v) is 4.65. The average Bonchev–Trinajstić information content (AvgIpc) is 3.11. The van der Waals surface area contributed by atoms with Gasteiger partial charge in [0.05, 0.1) is 11.9 Å². The van der Waals surface area contributed by atoms with Crippen LogP contribution >= 0.6 is 0 Å². The fourth-order valence-electron chi connectivity index (χ4n) is 3.16. The molecule has 2 aromatic heterocycles. The van der Waals surface area contributed by atoms with E-state index >= 15 is 0 Å². The van der Waals surface area contributed by atoms with Crippen LogP contribution in [0.5, 0.6) is 5.75 Å². The molecule has 0 amide bonds. The highest BCUT2D eigenvalue weighted by Crippen LogP contribution is 2.26. The predicted octanol–water partition coefficient (Wildman–Crippen LogP) is 2.85. The lowest BCUT2D eigenvalue weighted by atomic mass is 10.1. The third-order valence-corrected chi connectivity index (χ3v) is 6.54. The van der Waals surface area contributed by atoms with Gasteiger partial charge < -0.3 is 9.26 Å². The number of hydrogen-bond acceptors (Lipinski definition) is 6. The highest BCUT2D eigenvalue weighted by molar-refractivity contribution is 7.88. The van der Waals surface area contributed by atoms with Gasteiger partial charge in [-0.25, -0.2) is 8.42 Å². The monoisotopic (exact) mass is 399 g/mol. The van der Waals surface area contributed by atoms with E-state index in [0.717, 1.165) is 22.5 Å². The van der Waals surface area contributed by atoms with Gasteiger partial charge in [0.15, 0.2) is 0 Å². The topological polar surface area (TPSA) is 85.5 Å². The Morgan fingerprint density at radius 3 is 2.79 bits per heavy atom. The maximum Gasteiger partial charge on any atom is 0.218 e. The number of aryl methyl sites for hydroxylation is 1. The van der Waals surface area contributed by atoms with Crippen LogP contribution in [0.15, 0.2) is 53.3 Å². The van der Waals surface area contributed by atoms with Crippen LogP contribution in [-0.2, 0) is 35.3 Å². The van der Waals surface area contributed by atoms with E-state index in [2.05, 4.69) is 10.1 Å². The zero-order chi connectivity index (χ0) is 19.6. The van der Waals surface area contributed by atoms with Crippen LogP contribution < -0.4 is 4.74 Å². The minimum atomic E-state index is -3.44. The number of hydrogen-bond donors (Lipinski definition) is 0. The lowest BCUT2D eigenvalue weighted by Gasteiger charge is -2.25. The summed E-state index contributed by atoms with van der Waals surface area (Å²) in [4.78, 5) is 4.01. The maximum atomic E-state index is 12.9. The van der Waals surface area contributed by atoms with Crippen molar-refractivity contribution in [3.05, 3.63) is 76.9 Å². The molecule has 3 aromatic rings. The van der Waals surface area contributed by atoms with Crippen molar-refractivity contribution in [1.82, 2.24) is 14.4 Å². The van der Waals surface area contributed by atoms with Gasteiger partial charge in [0.2, 0.25) is 10.0 Å². The van der Waals surface area contributed by atoms with Crippen molar-refractivity contribution in [2.75, 3.05) is 6.54 Å². The Morgan fingerprint density at radius 2 is 2.04 bits per heavy atom. The van der Waals surface area contributed by atoms with Gasteiger partial charge in [0.1, 0.15) is 23.8 Å². The molecule has 0 saturated carbocycles. The summed E-state index contributed by atoms with van der Waals surface area (Å²) in [7, 11) is -3.44. The molecule has 3 heterocycles. The van der Waals surface area contributed by atoms with E-state index in [4.69, 9.17) is 9.26 Å². The van der Waals surface area contributed by atoms with Crippen LogP contribution in [0.1, 0.15) is 28.1 Å². The van der Waals surface area contributed by atoms with Crippen LogP contribution in [0.25, 0.3) is 0 Å². The van der Waals surface area contributed by atoms with Gasteiger partial charge in [-0.05, 0) is 24.6 Å². The van der Waals surface area contributed by atoms with Gasteiger partial charge >= 0.3 is 0 Å². The molecule has 4 rings (SSSR count). The second-order valence-electron chi connectivity index (χ2n) is 6.83. The Balaban J connectivity index is 1.47. The van der Waals surface area contributed by atoms with Crippen LogP contribution in [0.4, 0.5) is 0 Å². The largest absolute Gasteiger partial charge is 0.486 e. The van der Waals surface area contributed by atoms with Gasteiger partial charge in [-0.2, -0.15) is 4.31 Å². The molecule has 0 N–H and O–H groups in total. The predicted molar refractivity (Wildman–Crippen MR) is 103 cm³/mol. The number of fused-ring (bicyclic) bond motifs is 1. The molecule has 1 aromatic carbocycles. The first kappa shape index (κ1) is 18.6. The minimum absolute atomic E-state index is 0.0184. The Hall–Kier alpha value is -2.71. The molecule has 7 nitrogen and oxygen atoms in total. The van der Waals surface area contributed by atoms with E-state index in [1.54, 1.807) is 24.5 Å². The summed E-state index contributed by atoms with van der Waals surface area (Å²) in [6, 6.07) is 11.1. The Labute approximate surface area is 164 Å². The van der Waals surface area contributed by atoms with Crippen molar-refractivity contribution >= 4 is 10.0 Å². The Bertz CT molecular complexity index is 1050. The number of benzene rings is 1. The van der Waals surface area contributed by atoms with Crippen LogP contribution in [-0.4, -0.2) is 29.4 Å². The number of ether oxygens (including phenoxy) is 1. The fraction of sp³-hybridized carbons (Fsp3) is 0.300. The highest BCUT2D eigenvalue weighted by atomic mass is 32.2. The Morgan fingerprint density at radius 1 is 1.21 bits per heavy atom. The van der Waals surface area contributed by atoms with E-state index in [1.165, 1.54) is 4.31 Å². The lowest BCUT2D eigenvalue weighted by molar-refractivity contribution is 0.286. The third-order valence-electron chi connectivity index (χ3n) is 4.75. The molecule has 0 aliphatic carbocycles. The van der Waals surface area contributed by atoms with E-state index in [0.29, 0.717) is 24.4 Å². The van der Waals surface area contributed by atoms with Gasteiger partial charge in [0, 0.05) is 31.3 Å². The van der Waals surface area contributed by atoms with Gasteiger partial charge in [-0.3, -0.25) is 4.98 Å². The molecule has 0 bridgehead atoms. The first-order chi connectivity index (χ1) is 13.5. The van der Waals surface area contributed by atoms with Gasteiger partial charge in [-0.1, -0.05) is 35.0 Å². The van der Waals surface area contributed by atoms with Crippen molar-refractivity contribution in [1.29, 1.82) is 0 Å². The second-order valence-corrected chi connectivity index (χ2v) is 8.80. The molecule has 0 spiro atoms. The number of pyridine rings is 1. The molecule has 146 valence electrons. The van der Waals surface area contributed by atoms with E-state index < -0.39 is 10.0 Å². The summed E-state index contributed by atoms with van der Waals surface area (Å²) < 4.78 is 38.4. The lowest BCUT2D eigenvalue weighted by Crippen LogP contribution is -2.36. The van der Waals surface area contributed by atoms with E-state index in [-0.39, 0.29) is 18.9 Å². The number of rotatable bonds is 6. The smallest absolute Gasteiger partial charge is 0.218 e. The first-order valence-electron chi connectivity index (χ1n) is 9.04. The van der Waals surface area contributed by atoms with E-state index in [9.17, 15) is 8.42 Å². The molecule has 0 saturated heterocycles.